The molecule has 1 aliphatic rings. The highest BCUT2D eigenvalue weighted by Gasteiger charge is 2.40. The van der Waals surface area contributed by atoms with Crippen molar-refractivity contribution in [2.45, 2.75) is 32.9 Å². The molecule has 0 aliphatic carbocycles. The predicted molar refractivity (Wildman–Crippen MR) is 86.1 cm³/mol. The topological polar surface area (TPSA) is 59.4 Å². The molecule has 1 fully saturated rings. The maximum atomic E-state index is 13.5. The van der Waals surface area contributed by atoms with E-state index in [4.69, 9.17) is 4.74 Å². The molecular weight excluding hydrogens is 381 g/mol. The van der Waals surface area contributed by atoms with Crippen LogP contribution in [0.1, 0.15) is 53.1 Å². The molecule has 1 aliphatic heterocycles. The molecule has 10 heteroatoms. The number of nitrogens with zero attached hydrogens (tertiary/aromatic N) is 1. The first kappa shape index (κ1) is 20.5. The lowest BCUT2D eigenvalue weighted by atomic mass is 9.91. The van der Waals surface area contributed by atoms with Crippen molar-refractivity contribution in [2.75, 3.05) is 12.4 Å². The van der Waals surface area contributed by atoms with Gasteiger partial charge in [-0.05, 0) is 24.0 Å². The van der Waals surface area contributed by atoms with Crippen molar-refractivity contribution in [3.05, 3.63) is 33.2 Å². The van der Waals surface area contributed by atoms with Gasteiger partial charge >= 0.3 is 12.1 Å². The number of aromatic carboxylic acids is 1. The summed E-state index contributed by atoms with van der Waals surface area (Å²) >= 11 is 1.16. The Morgan fingerprint density at radius 3 is 2.46 bits per heavy atom. The Morgan fingerprint density at radius 2 is 2.04 bits per heavy atom. The van der Waals surface area contributed by atoms with E-state index < -0.39 is 41.1 Å². The van der Waals surface area contributed by atoms with Crippen LogP contribution in [0.2, 0.25) is 0 Å². The van der Waals surface area contributed by atoms with Gasteiger partial charge in [0.1, 0.15) is 5.69 Å². The summed E-state index contributed by atoms with van der Waals surface area (Å²) in [4.78, 5) is 14.6. The predicted octanol–water partition coefficient (Wildman–Crippen LogP) is 5.00. The smallest absolute Gasteiger partial charge is 0.433 e. The number of carbonyl (C=O) groups is 1. The lowest BCUT2D eigenvalue weighted by molar-refractivity contribution is -0.141. The van der Waals surface area contributed by atoms with E-state index in [1.54, 1.807) is 13.8 Å². The minimum atomic E-state index is -5.03. The molecule has 0 spiro atoms. The van der Waals surface area contributed by atoms with Crippen LogP contribution in [0.3, 0.4) is 0 Å². The van der Waals surface area contributed by atoms with E-state index in [9.17, 15) is 31.9 Å². The zero-order valence-electron chi connectivity index (χ0n) is 13.9. The fraction of sp³-hybridized carbons (Fsp3) is 0.500. The number of ether oxygens (including phenoxy) is 1. The van der Waals surface area contributed by atoms with Crippen LogP contribution in [-0.4, -0.2) is 28.4 Å². The third-order valence-electron chi connectivity index (χ3n) is 3.51. The van der Waals surface area contributed by atoms with Gasteiger partial charge < -0.3 is 9.84 Å². The number of halogens is 5. The standard InChI is InChI=1S/C16H16F5NO3S/c1-7(2)5-8-9(6-10-25-3-4-26-10)13(16(19,20)21)22-12(14(17)18)11(8)15(23)24/h6-7,14H,3-5H2,1-2H3,(H,23,24). The number of carboxylic acid groups (broad SMARTS) is 1. The van der Waals surface area contributed by atoms with Crippen LogP contribution in [-0.2, 0) is 17.3 Å². The normalized spacial score (nSPS) is 16.6. The lowest BCUT2D eigenvalue weighted by Crippen LogP contribution is -2.20. The van der Waals surface area contributed by atoms with Gasteiger partial charge in [0.2, 0.25) is 0 Å². The van der Waals surface area contributed by atoms with Crippen LogP contribution in [0, 0.1) is 5.92 Å². The van der Waals surface area contributed by atoms with E-state index in [2.05, 4.69) is 4.98 Å². The fourth-order valence-electron chi connectivity index (χ4n) is 2.58. The molecule has 0 aromatic carbocycles. The third kappa shape index (κ3) is 4.46. The SMILES string of the molecule is CC(C)Cc1c(C=C2OCCS2)c(C(F)(F)F)nc(C(F)F)c1C(=O)O. The average Bonchev–Trinajstić information content (AvgIpc) is 2.99. The molecule has 4 nitrogen and oxygen atoms in total. The zero-order chi connectivity index (χ0) is 19.6. The minimum absolute atomic E-state index is 0.128. The molecular formula is C16H16F5NO3S. The largest absolute Gasteiger partial charge is 0.486 e. The van der Waals surface area contributed by atoms with Gasteiger partial charge in [-0.15, -0.1) is 0 Å². The summed E-state index contributed by atoms with van der Waals surface area (Å²) in [6.07, 6.45) is -7.56. The minimum Gasteiger partial charge on any atom is -0.486 e. The van der Waals surface area contributed by atoms with Gasteiger partial charge in [0.25, 0.3) is 6.43 Å². The second kappa shape index (κ2) is 7.81. The van der Waals surface area contributed by atoms with Gasteiger partial charge in [-0.1, -0.05) is 25.6 Å². The Bertz CT molecular complexity index is 724. The number of pyridine rings is 1. The molecule has 1 saturated heterocycles. The van der Waals surface area contributed by atoms with Crippen molar-refractivity contribution in [2.24, 2.45) is 5.92 Å². The first-order valence-corrected chi connectivity index (χ1v) is 8.63. The van der Waals surface area contributed by atoms with E-state index in [0.717, 1.165) is 17.8 Å². The van der Waals surface area contributed by atoms with Crippen molar-refractivity contribution >= 4 is 23.8 Å². The first-order valence-electron chi connectivity index (χ1n) is 7.65. The van der Waals surface area contributed by atoms with Crippen molar-refractivity contribution < 1.29 is 36.6 Å². The molecule has 0 bridgehead atoms. The number of hydrogen-bond donors (Lipinski definition) is 1. The Kier molecular flexibility index (Phi) is 6.15. The van der Waals surface area contributed by atoms with Crippen LogP contribution in [0.5, 0.6) is 0 Å². The van der Waals surface area contributed by atoms with E-state index in [1.165, 1.54) is 0 Å². The number of rotatable bonds is 5. The van der Waals surface area contributed by atoms with E-state index in [-0.39, 0.29) is 23.0 Å². The molecule has 0 saturated carbocycles. The summed E-state index contributed by atoms with van der Waals surface area (Å²) in [6, 6.07) is 0. The molecule has 26 heavy (non-hydrogen) atoms. The summed E-state index contributed by atoms with van der Waals surface area (Å²) in [6.45, 7) is 3.60. The second-order valence-electron chi connectivity index (χ2n) is 5.97. The Hall–Kier alpha value is -1.84. The second-order valence-corrected chi connectivity index (χ2v) is 7.07. The molecule has 0 atom stereocenters. The van der Waals surface area contributed by atoms with Gasteiger partial charge in [-0.3, -0.25) is 0 Å². The maximum absolute atomic E-state index is 13.5. The molecule has 0 amide bonds. The fourth-order valence-corrected chi connectivity index (χ4v) is 3.32. The molecule has 144 valence electrons. The Labute approximate surface area is 150 Å². The number of carboxylic acids is 1. The number of thioether (sulfide) groups is 1. The van der Waals surface area contributed by atoms with Crippen molar-refractivity contribution in [1.82, 2.24) is 4.98 Å². The Balaban J connectivity index is 2.89. The molecule has 2 rings (SSSR count). The monoisotopic (exact) mass is 397 g/mol. The van der Waals surface area contributed by atoms with E-state index >= 15 is 0 Å². The molecule has 0 radical (unpaired) electrons. The number of hydrogen-bond acceptors (Lipinski definition) is 4. The van der Waals surface area contributed by atoms with Crippen molar-refractivity contribution in [3.63, 3.8) is 0 Å². The molecule has 1 aromatic rings. The highest BCUT2D eigenvalue weighted by atomic mass is 32.2. The zero-order valence-corrected chi connectivity index (χ0v) is 14.7. The van der Waals surface area contributed by atoms with Crippen LogP contribution in [0.25, 0.3) is 6.08 Å². The summed E-state index contributed by atoms with van der Waals surface area (Å²) in [5, 5.41) is 9.55. The number of aromatic nitrogens is 1. The first-order chi connectivity index (χ1) is 12.0. The van der Waals surface area contributed by atoms with E-state index in [0.29, 0.717) is 12.4 Å². The maximum Gasteiger partial charge on any atom is 0.433 e. The molecule has 0 unspecified atom stereocenters. The highest BCUT2D eigenvalue weighted by molar-refractivity contribution is 8.03. The van der Waals surface area contributed by atoms with Crippen LogP contribution < -0.4 is 0 Å². The van der Waals surface area contributed by atoms with Gasteiger partial charge in [-0.2, -0.15) is 13.2 Å². The van der Waals surface area contributed by atoms with Gasteiger partial charge in [0, 0.05) is 11.3 Å². The van der Waals surface area contributed by atoms with Crippen molar-refractivity contribution in [3.8, 4) is 0 Å². The Morgan fingerprint density at radius 1 is 1.38 bits per heavy atom. The molecule has 2 heterocycles. The summed E-state index contributed by atoms with van der Waals surface area (Å²) in [7, 11) is 0. The summed E-state index contributed by atoms with van der Waals surface area (Å²) in [5.74, 6) is -1.48. The highest BCUT2D eigenvalue weighted by Crippen LogP contribution is 2.39. The van der Waals surface area contributed by atoms with Crippen LogP contribution in [0.15, 0.2) is 5.09 Å². The van der Waals surface area contributed by atoms with Gasteiger partial charge in [0.05, 0.1) is 12.2 Å². The lowest BCUT2D eigenvalue weighted by Gasteiger charge is -2.20. The van der Waals surface area contributed by atoms with Gasteiger partial charge in [0.15, 0.2) is 10.8 Å². The molecule has 1 N–H and O–H groups in total. The third-order valence-corrected chi connectivity index (χ3v) is 4.40. The number of alkyl halides is 5. The van der Waals surface area contributed by atoms with E-state index in [1.807, 2.05) is 0 Å². The quantitative estimate of drug-likeness (QED) is 0.709. The summed E-state index contributed by atoms with van der Waals surface area (Å²) < 4.78 is 72.2. The van der Waals surface area contributed by atoms with Crippen molar-refractivity contribution in [1.29, 1.82) is 0 Å². The van der Waals surface area contributed by atoms with Crippen LogP contribution in [0.4, 0.5) is 22.0 Å². The van der Waals surface area contributed by atoms with Gasteiger partial charge in [-0.25, -0.2) is 18.6 Å². The molecule has 1 aromatic heterocycles. The average molecular weight is 397 g/mol. The summed E-state index contributed by atoms with van der Waals surface area (Å²) in [5.41, 5.74) is -4.62. The van der Waals surface area contributed by atoms with Crippen LogP contribution >= 0.6 is 11.8 Å².